The van der Waals surface area contributed by atoms with Crippen molar-refractivity contribution in [3.63, 3.8) is 0 Å². The van der Waals surface area contributed by atoms with Crippen LogP contribution in [-0.4, -0.2) is 50.9 Å². The van der Waals surface area contributed by atoms with Gasteiger partial charge in [-0.3, -0.25) is 14.7 Å². The van der Waals surface area contributed by atoms with E-state index in [1.165, 1.54) is 11.8 Å². The second kappa shape index (κ2) is 7.22. The quantitative estimate of drug-likeness (QED) is 0.741. The average molecular weight is 390 g/mol. The standard InChI is InChI=1S/C22H26N6O/c1-23-21(29)19-15-28(26-25-19)20-8-9-22(20)10-12-27(13-11-22)14-17-7-6-16-4-2-3-5-18(16)24-17/h2-7,15,20H,8-14H2,1H3,(H,23,29). The van der Waals surface area contributed by atoms with Crippen molar-refractivity contribution in [1.29, 1.82) is 0 Å². The molecule has 29 heavy (non-hydrogen) atoms. The lowest BCUT2D eigenvalue weighted by molar-refractivity contribution is -0.0336. The van der Waals surface area contributed by atoms with Crippen LogP contribution in [0.15, 0.2) is 42.6 Å². The summed E-state index contributed by atoms with van der Waals surface area (Å²) in [5.74, 6) is -0.178. The predicted molar refractivity (Wildman–Crippen MR) is 110 cm³/mol. The Bertz CT molecular complexity index is 1040. The second-order valence-corrected chi connectivity index (χ2v) is 8.35. The molecule has 5 rings (SSSR count). The molecule has 1 unspecified atom stereocenters. The number of likely N-dealkylation sites (tertiary alicyclic amines) is 1. The van der Waals surface area contributed by atoms with Gasteiger partial charge in [0.05, 0.1) is 23.4 Å². The summed E-state index contributed by atoms with van der Waals surface area (Å²) in [5.41, 5.74) is 2.89. The molecule has 3 aromatic rings. The van der Waals surface area contributed by atoms with Crippen molar-refractivity contribution in [3.8, 4) is 0 Å². The number of aromatic nitrogens is 4. The first kappa shape index (κ1) is 18.2. The van der Waals surface area contributed by atoms with Crippen LogP contribution in [0, 0.1) is 5.41 Å². The fourth-order valence-electron chi connectivity index (χ4n) is 4.92. The number of rotatable bonds is 4. The first-order chi connectivity index (χ1) is 14.2. The van der Waals surface area contributed by atoms with Gasteiger partial charge in [-0.15, -0.1) is 5.10 Å². The molecule has 1 saturated carbocycles. The number of fused-ring (bicyclic) bond motifs is 1. The number of hydrogen-bond acceptors (Lipinski definition) is 5. The van der Waals surface area contributed by atoms with E-state index in [0.717, 1.165) is 50.1 Å². The molecule has 1 N–H and O–H groups in total. The predicted octanol–water partition coefficient (Wildman–Crippen LogP) is 2.80. The minimum absolute atomic E-state index is 0.178. The SMILES string of the molecule is CNC(=O)c1cn(C2CCC23CCN(Cc2ccc4ccccc4n2)CC3)nn1. The Balaban J connectivity index is 1.23. The number of amides is 1. The highest BCUT2D eigenvalue weighted by molar-refractivity contribution is 5.91. The minimum Gasteiger partial charge on any atom is -0.354 e. The third-order valence-electron chi connectivity index (χ3n) is 6.81. The first-order valence-corrected chi connectivity index (χ1v) is 10.4. The zero-order valence-corrected chi connectivity index (χ0v) is 16.7. The van der Waals surface area contributed by atoms with Crippen LogP contribution >= 0.6 is 0 Å². The molecule has 7 heteroatoms. The molecule has 1 atom stereocenters. The Labute approximate surface area is 170 Å². The number of carbonyl (C=O) groups excluding carboxylic acids is 1. The van der Waals surface area contributed by atoms with E-state index in [-0.39, 0.29) is 5.91 Å². The Morgan fingerprint density at radius 3 is 2.76 bits per heavy atom. The highest BCUT2D eigenvalue weighted by Gasteiger charge is 2.49. The highest BCUT2D eigenvalue weighted by Crippen LogP contribution is 2.56. The summed E-state index contributed by atoms with van der Waals surface area (Å²) in [6, 6.07) is 12.9. The van der Waals surface area contributed by atoms with Gasteiger partial charge in [-0.05, 0) is 56.3 Å². The number of carbonyl (C=O) groups is 1. The van der Waals surface area contributed by atoms with Gasteiger partial charge >= 0.3 is 0 Å². The average Bonchev–Trinajstić information content (AvgIpc) is 3.22. The summed E-state index contributed by atoms with van der Waals surface area (Å²) in [7, 11) is 1.62. The summed E-state index contributed by atoms with van der Waals surface area (Å²) in [4.78, 5) is 19.1. The molecule has 2 aliphatic rings. The van der Waals surface area contributed by atoms with Crippen LogP contribution in [0.25, 0.3) is 10.9 Å². The van der Waals surface area contributed by atoms with Gasteiger partial charge in [0, 0.05) is 19.0 Å². The monoisotopic (exact) mass is 390 g/mol. The molecule has 0 bridgehead atoms. The van der Waals surface area contributed by atoms with Crippen LogP contribution in [0.1, 0.15) is 47.9 Å². The molecular formula is C22H26N6O. The van der Waals surface area contributed by atoms with Crippen molar-refractivity contribution < 1.29 is 4.79 Å². The molecule has 2 fully saturated rings. The largest absolute Gasteiger partial charge is 0.354 e. The van der Waals surface area contributed by atoms with E-state index in [9.17, 15) is 4.79 Å². The molecule has 1 aliphatic heterocycles. The van der Waals surface area contributed by atoms with Crippen LogP contribution in [0.4, 0.5) is 0 Å². The fourth-order valence-corrected chi connectivity index (χ4v) is 4.92. The Hall–Kier alpha value is -2.80. The lowest BCUT2D eigenvalue weighted by atomic mass is 9.59. The Morgan fingerprint density at radius 1 is 1.17 bits per heavy atom. The first-order valence-electron chi connectivity index (χ1n) is 10.4. The summed E-state index contributed by atoms with van der Waals surface area (Å²) in [6.07, 6.45) is 6.45. The molecular weight excluding hydrogens is 364 g/mol. The summed E-state index contributed by atoms with van der Waals surface area (Å²) in [6.45, 7) is 3.04. The van der Waals surface area contributed by atoms with Crippen LogP contribution in [0.2, 0.25) is 0 Å². The van der Waals surface area contributed by atoms with Gasteiger partial charge in [0.15, 0.2) is 5.69 Å². The molecule has 3 heterocycles. The Morgan fingerprint density at radius 2 is 2.00 bits per heavy atom. The number of nitrogens with one attached hydrogen (secondary N) is 1. The summed E-state index contributed by atoms with van der Waals surface area (Å²) < 4.78 is 1.93. The van der Waals surface area contributed by atoms with Gasteiger partial charge in [0.2, 0.25) is 0 Å². The molecule has 2 aromatic heterocycles. The van der Waals surface area contributed by atoms with Crippen molar-refractivity contribution in [2.75, 3.05) is 20.1 Å². The van der Waals surface area contributed by atoms with Crippen molar-refractivity contribution in [2.45, 2.75) is 38.3 Å². The Kier molecular flexibility index (Phi) is 4.54. The topological polar surface area (TPSA) is 75.9 Å². The van der Waals surface area contributed by atoms with Crippen LogP contribution < -0.4 is 5.32 Å². The number of piperidine rings is 1. The molecule has 1 aromatic carbocycles. The van der Waals surface area contributed by atoms with E-state index in [1.54, 1.807) is 13.2 Å². The van der Waals surface area contributed by atoms with Gasteiger partial charge in [-0.25, -0.2) is 4.68 Å². The van der Waals surface area contributed by atoms with Gasteiger partial charge in [0.25, 0.3) is 5.91 Å². The summed E-state index contributed by atoms with van der Waals surface area (Å²) >= 11 is 0. The molecule has 0 radical (unpaired) electrons. The van der Waals surface area contributed by atoms with E-state index < -0.39 is 0 Å². The fraction of sp³-hybridized carbons (Fsp3) is 0.455. The van der Waals surface area contributed by atoms with E-state index in [1.807, 2.05) is 10.7 Å². The number of para-hydroxylation sites is 1. The maximum Gasteiger partial charge on any atom is 0.273 e. The molecule has 1 spiro atoms. The lowest BCUT2D eigenvalue weighted by Gasteiger charge is -2.53. The van der Waals surface area contributed by atoms with Crippen LogP contribution in [-0.2, 0) is 6.54 Å². The van der Waals surface area contributed by atoms with E-state index in [4.69, 9.17) is 4.98 Å². The van der Waals surface area contributed by atoms with Gasteiger partial charge in [0.1, 0.15) is 0 Å². The molecule has 150 valence electrons. The zero-order chi connectivity index (χ0) is 19.8. The van der Waals surface area contributed by atoms with Crippen molar-refractivity contribution in [3.05, 3.63) is 54.0 Å². The normalized spacial score (nSPS) is 21.2. The lowest BCUT2D eigenvalue weighted by Crippen LogP contribution is -2.49. The maximum atomic E-state index is 11.8. The smallest absolute Gasteiger partial charge is 0.273 e. The van der Waals surface area contributed by atoms with Gasteiger partial charge < -0.3 is 5.32 Å². The van der Waals surface area contributed by atoms with E-state index in [2.05, 4.69) is 50.9 Å². The van der Waals surface area contributed by atoms with Crippen LogP contribution in [0.5, 0.6) is 0 Å². The molecule has 7 nitrogen and oxygen atoms in total. The van der Waals surface area contributed by atoms with Crippen molar-refractivity contribution in [1.82, 2.24) is 30.2 Å². The van der Waals surface area contributed by atoms with Crippen molar-refractivity contribution >= 4 is 16.8 Å². The number of nitrogens with zero attached hydrogens (tertiary/aromatic N) is 5. The molecule has 1 amide bonds. The second-order valence-electron chi connectivity index (χ2n) is 8.35. The minimum atomic E-state index is -0.178. The zero-order valence-electron chi connectivity index (χ0n) is 16.7. The van der Waals surface area contributed by atoms with E-state index >= 15 is 0 Å². The summed E-state index contributed by atoms with van der Waals surface area (Å²) in [5, 5.41) is 12.1. The maximum absolute atomic E-state index is 11.8. The number of pyridine rings is 1. The van der Waals surface area contributed by atoms with Gasteiger partial charge in [-0.1, -0.05) is 29.5 Å². The highest BCUT2D eigenvalue weighted by atomic mass is 16.1. The van der Waals surface area contributed by atoms with Crippen LogP contribution in [0.3, 0.4) is 0 Å². The number of benzene rings is 1. The number of hydrogen-bond donors (Lipinski definition) is 1. The van der Waals surface area contributed by atoms with Gasteiger partial charge in [-0.2, -0.15) is 0 Å². The molecule has 1 aliphatic carbocycles. The van der Waals surface area contributed by atoms with E-state index in [0.29, 0.717) is 17.2 Å². The van der Waals surface area contributed by atoms with Crippen molar-refractivity contribution in [2.24, 2.45) is 5.41 Å². The third kappa shape index (κ3) is 3.29. The molecule has 1 saturated heterocycles. The third-order valence-corrected chi connectivity index (χ3v) is 6.81.